The quantitative estimate of drug-likeness (QED) is 0.650. The van der Waals surface area contributed by atoms with Crippen molar-refractivity contribution in [3.05, 3.63) is 0 Å². The van der Waals surface area contributed by atoms with Crippen LogP contribution in [-0.4, -0.2) is 80.5 Å². The molecule has 6 fully saturated rings. The molecule has 0 spiro atoms. The Morgan fingerprint density at radius 2 is 1.00 bits per heavy atom. The molecule has 2 amide bonds. The Kier molecular flexibility index (Phi) is 6.12. The fraction of sp³-hybridized carbons (Fsp3) is 0.818. The predicted octanol–water partition coefficient (Wildman–Crippen LogP) is 2.65. The zero-order chi connectivity index (χ0) is 24.2. The normalized spacial score (nSPS) is 32.2. The smallest absolute Gasteiger partial charge is 0.410 e. The lowest BCUT2D eigenvalue weighted by Gasteiger charge is -2.33. The van der Waals surface area contributed by atoms with E-state index >= 15 is 0 Å². The van der Waals surface area contributed by atoms with E-state index in [0.717, 1.165) is 12.8 Å². The predicted molar refractivity (Wildman–Crippen MR) is 112 cm³/mol. The number of rotatable bonds is 2. The van der Waals surface area contributed by atoms with Crippen LogP contribution in [0.5, 0.6) is 0 Å². The highest BCUT2D eigenvalue weighted by Crippen LogP contribution is 2.47. The minimum absolute atomic E-state index is 0.120. The van der Waals surface area contributed by atoms with Gasteiger partial charge in [0.15, 0.2) is 0 Å². The lowest BCUT2D eigenvalue weighted by molar-refractivity contribution is -0.148. The molecular weight excluding hydrogens is 420 g/mol. The van der Waals surface area contributed by atoms with Crippen LogP contribution in [0.3, 0.4) is 0 Å². The minimum atomic E-state index is -0.799. The monoisotopic (exact) mass is 454 g/mol. The van der Waals surface area contributed by atoms with Crippen molar-refractivity contribution in [1.29, 1.82) is 0 Å². The van der Waals surface area contributed by atoms with Gasteiger partial charge < -0.3 is 29.5 Å². The molecule has 4 heterocycles. The molecule has 6 rings (SSSR count). The third kappa shape index (κ3) is 4.78. The van der Waals surface area contributed by atoms with Crippen LogP contribution in [0.2, 0.25) is 0 Å². The Morgan fingerprint density at radius 1 is 0.688 bits per heavy atom. The molecule has 2 aliphatic carbocycles. The Balaban J connectivity index is 0.000000181. The number of amides is 2. The molecular formula is C22H34N2O8. The van der Waals surface area contributed by atoms with Gasteiger partial charge in [-0.2, -0.15) is 0 Å². The van der Waals surface area contributed by atoms with E-state index in [0.29, 0.717) is 13.1 Å². The average molecular weight is 455 g/mol. The van der Waals surface area contributed by atoms with Crippen molar-refractivity contribution >= 4 is 24.1 Å². The molecule has 6 aliphatic rings. The molecule has 0 aromatic carbocycles. The molecule has 10 nitrogen and oxygen atoms in total. The fourth-order valence-corrected chi connectivity index (χ4v) is 5.03. The minimum Gasteiger partial charge on any atom is -0.481 e. The first-order chi connectivity index (χ1) is 14.6. The summed E-state index contributed by atoms with van der Waals surface area (Å²) < 4.78 is 10.5. The average Bonchev–Trinajstić information content (AvgIpc) is 3.29. The third-order valence-corrected chi connectivity index (χ3v) is 6.42. The number of ether oxygens (including phenoxy) is 2. The Morgan fingerprint density at radius 3 is 1.22 bits per heavy atom. The van der Waals surface area contributed by atoms with E-state index in [2.05, 4.69) is 0 Å². The van der Waals surface area contributed by atoms with Crippen molar-refractivity contribution in [3.8, 4) is 0 Å². The van der Waals surface area contributed by atoms with Crippen molar-refractivity contribution in [2.45, 2.75) is 77.7 Å². The number of carbonyl (C=O) groups is 4. The molecule has 6 atom stereocenters. The number of carboxylic acid groups (broad SMARTS) is 2. The molecule has 0 radical (unpaired) electrons. The van der Waals surface area contributed by atoms with Gasteiger partial charge in [-0.3, -0.25) is 9.59 Å². The maximum absolute atomic E-state index is 11.8. The van der Waals surface area contributed by atoms with Crippen LogP contribution in [0.25, 0.3) is 0 Å². The van der Waals surface area contributed by atoms with Gasteiger partial charge in [0.25, 0.3) is 0 Å². The molecule has 0 aromatic heterocycles. The number of aliphatic carboxylic acids is 2. The van der Waals surface area contributed by atoms with Gasteiger partial charge >= 0.3 is 24.1 Å². The fourth-order valence-electron chi connectivity index (χ4n) is 5.03. The number of carbonyl (C=O) groups excluding carboxylic acids is 2. The first-order valence-corrected chi connectivity index (χ1v) is 11.0. The van der Waals surface area contributed by atoms with E-state index < -0.39 is 23.1 Å². The summed E-state index contributed by atoms with van der Waals surface area (Å²) in [4.78, 5) is 48.5. The number of nitrogens with zero attached hydrogens (tertiary/aromatic N) is 2. The van der Waals surface area contributed by atoms with Crippen LogP contribution in [-0.2, 0) is 19.1 Å². The van der Waals surface area contributed by atoms with Gasteiger partial charge in [-0.15, -0.1) is 0 Å². The van der Waals surface area contributed by atoms with E-state index in [1.807, 2.05) is 0 Å². The zero-order valence-electron chi connectivity index (χ0n) is 19.5. The second kappa shape index (κ2) is 8.12. The zero-order valence-corrected chi connectivity index (χ0v) is 19.5. The van der Waals surface area contributed by atoms with Crippen LogP contribution in [0.4, 0.5) is 9.59 Å². The summed E-state index contributed by atoms with van der Waals surface area (Å²) in [5.41, 5.74) is -1.05. The number of fused-ring (bicyclic) bond motifs is 2. The van der Waals surface area contributed by atoms with Crippen LogP contribution < -0.4 is 0 Å². The SMILES string of the molecule is CC(C)(C)OC(=O)N1C[C@@H]2C[C@H]1[C@H]2C(=O)O.CC(C)(C)OC(=O)N1C[C@H]2C[C@@H]1[C@@H]2C(=O)O. The molecule has 4 saturated heterocycles. The topological polar surface area (TPSA) is 134 Å². The molecule has 0 unspecified atom stereocenters. The second-order valence-corrected chi connectivity index (χ2v) is 11.1. The molecule has 2 saturated carbocycles. The largest absolute Gasteiger partial charge is 0.481 e. The lowest BCUT2D eigenvalue weighted by atomic mass is 9.74. The molecule has 2 N–H and O–H groups in total. The summed E-state index contributed by atoms with van der Waals surface area (Å²) in [7, 11) is 0. The van der Waals surface area contributed by atoms with E-state index in [1.165, 1.54) is 0 Å². The molecule has 10 heteroatoms. The maximum atomic E-state index is 11.8. The summed E-state index contributed by atoms with van der Waals surface area (Å²) in [5, 5.41) is 17.9. The lowest BCUT2D eigenvalue weighted by Crippen LogP contribution is -2.46. The van der Waals surface area contributed by atoms with Gasteiger partial charge in [0.2, 0.25) is 0 Å². The highest BCUT2D eigenvalue weighted by atomic mass is 16.6. The standard InChI is InChI=1S/2C11H17NO4/c2*1-11(2,3)16-10(15)12-5-6-4-7(12)8(6)9(13)14/h2*6-8H,4-5H2,1-3H3,(H,13,14)/t2*6-,7-,8-/m10/s1. The second-order valence-electron chi connectivity index (χ2n) is 11.1. The highest BCUT2D eigenvalue weighted by Gasteiger charge is 2.58. The van der Waals surface area contributed by atoms with Crippen molar-refractivity contribution < 1.29 is 38.9 Å². The van der Waals surface area contributed by atoms with Crippen LogP contribution in [0.1, 0.15) is 54.4 Å². The van der Waals surface area contributed by atoms with Gasteiger partial charge in [0, 0.05) is 25.2 Å². The molecule has 4 aliphatic heterocycles. The molecule has 32 heavy (non-hydrogen) atoms. The van der Waals surface area contributed by atoms with Crippen molar-refractivity contribution in [1.82, 2.24) is 9.80 Å². The van der Waals surface area contributed by atoms with E-state index in [4.69, 9.17) is 19.7 Å². The van der Waals surface area contributed by atoms with Gasteiger partial charge in [0.05, 0.1) is 11.8 Å². The van der Waals surface area contributed by atoms with Crippen LogP contribution >= 0.6 is 0 Å². The van der Waals surface area contributed by atoms with Gasteiger partial charge in [-0.05, 0) is 66.2 Å². The van der Waals surface area contributed by atoms with Gasteiger partial charge in [-0.1, -0.05) is 0 Å². The first-order valence-electron chi connectivity index (χ1n) is 11.0. The number of hydrogen-bond acceptors (Lipinski definition) is 6. The van der Waals surface area contributed by atoms with E-state index in [1.54, 1.807) is 51.3 Å². The van der Waals surface area contributed by atoms with Crippen LogP contribution in [0, 0.1) is 23.7 Å². The maximum Gasteiger partial charge on any atom is 0.410 e. The number of hydrogen-bond donors (Lipinski definition) is 2. The van der Waals surface area contributed by atoms with E-state index in [9.17, 15) is 19.2 Å². The summed E-state index contributed by atoms with van der Waals surface area (Å²) in [6, 6.07) is -0.310. The Labute approximate surface area is 187 Å². The van der Waals surface area contributed by atoms with E-state index in [-0.39, 0.29) is 47.9 Å². The van der Waals surface area contributed by atoms with Crippen LogP contribution in [0.15, 0.2) is 0 Å². The van der Waals surface area contributed by atoms with Crippen molar-refractivity contribution in [2.24, 2.45) is 23.7 Å². The summed E-state index contributed by atoms with van der Waals surface area (Å²) in [6.45, 7) is 11.9. The first kappa shape index (κ1) is 24.1. The van der Waals surface area contributed by atoms with Crippen molar-refractivity contribution in [2.75, 3.05) is 13.1 Å². The third-order valence-electron chi connectivity index (χ3n) is 6.42. The summed E-state index contributed by atoms with van der Waals surface area (Å²) in [5.74, 6) is -2.12. The Bertz CT molecular complexity index is 733. The van der Waals surface area contributed by atoms with Gasteiger partial charge in [0.1, 0.15) is 11.2 Å². The molecule has 180 valence electrons. The summed E-state index contributed by atoms with van der Waals surface area (Å²) in [6.07, 6.45) is 0.833. The van der Waals surface area contributed by atoms with Crippen molar-refractivity contribution in [3.63, 3.8) is 0 Å². The Hall–Kier alpha value is -2.52. The summed E-state index contributed by atoms with van der Waals surface area (Å²) >= 11 is 0. The highest BCUT2D eigenvalue weighted by molar-refractivity contribution is 5.78. The molecule has 4 bridgehead atoms. The number of carboxylic acids is 2. The molecule has 0 aromatic rings. The van der Waals surface area contributed by atoms with Gasteiger partial charge in [-0.25, -0.2) is 9.59 Å².